The van der Waals surface area contributed by atoms with Gasteiger partial charge in [-0.25, -0.2) is 4.98 Å². The summed E-state index contributed by atoms with van der Waals surface area (Å²) in [6.07, 6.45) is 3.17. The molecule has 0 aliphatic carbocycles. The van der Waals surface area contributed by atoms with E-state index in [1.165, 1.54) is 0 Å². The maximum Gasteiger partial charge on any atom is 0.287 e. The number of likely N-dealkylation sites (N-methyl/N-ethyl adjacent to an activating group) is 1. The Morgan fingerprint density at radius 1 is 1.67 bits per heavy atom. The van der Waals surface area contributed by atoms with E-state index in [-0.39, 0.29) is 5.91 Å². The van der Waals surface area contributed by atoms with Crippen LogP contribution >= 0.6 is 0 Å². The van der Waals surface area contributed by atoms with Crippen LogP contribution in [0.1, 0.15) is 10.6 Å². The Morgan fingerprint density at radius 2 is 2.50 bits per heavy atom. The Hall–Kier alpha value is -1.36. The van der Waals surface area contributed by atoms with Gasteiger partial charge in [0.2, 0.25) is 0 Å². The third kappa shape index (κ3) is 2.35. The van der Waals surface area contributed by atoms with Crippen LogP contribution in [0.3, 0.4) is 0 Å². The molecule has 66 valence electrons. The molecule has 0 bridgehead atoms. The van der Waals surface area contributed by atoms with E-state index in [1.807, 2.05) is 7.05 Å². The molecule has 0 atom stereocenters. The highest BCUT2D eigenvalue weighted by atomic mass is 16.2. The lowest BCUT2D eigenvalue weighted by Gasteiger charge is -2.00. The van der Waals surface area contributed by atoms with Crippen LogP contribution in [0.2, 0.25) is 0 Å². The quantitative estimate of drug-likeness (QED) is 0.524. The molecule has 5 nitrogen and oxygen atoms in total. The van der Waals surface area contributed by atoms with Crippen molar-refractivity contribution >= 4 is 5.91 Å². The minimum absolute atomic E-state index is 0.171. The van der Waals surface area contributed by atoms with Gasteiger partial charge >= 0.3 is 0 Å². The molecule has 3 N–H and O–H groups in total. The van der Waals surface area contributed by atoms with Crippen molar-refractivity contribution in [1.29, 1.82) is 0 Å². The normalized spacial score (nSPS) is 9.75. The number of nitrogens with one attached hydrogen (secondary N) is 3. The van der Waals surface area contributed by atoms with E-state index in [4.69, 9.17) is 0 Å². The first kappa shape index (κ1) is 8.73. The van der Waals surface area contributed by atoms with E-state index in [1.54, 1.807) is 12.4 Å². The molecule has 0 saturated carbocycles. The van der Waals surface area contributed by atoms with Gasteiger partial charge in [-0.2, -0.15) is 0 Å². The number of amides is 1. The molecule has 1 heterocycles. The number of rotatable bonds is 4. The average Bonchev–Trinajstić information content (AvgIpc) is 2.56. The highest BCUT2D eigenvalue weighted by Gasteiger charge is 2.04. The van der Waals surface area contributed by atoms with Gasteiger partial charge in [0.25, 0.3) is 5.91 Å². The van der Waals surface area contributed by atoms with E-state index in [0.29, 0.717) is 12.4 Å². The van der Waals surface area contributed by atoms with Crippen LogP contribution in [0.15, 0.2) is 12.4 Å². The van der Waals surface area contributed by atoms with Gasteiger partial charge in [-0.15, -0.1) is 0 Å². The minimum Gasteiger partial charge on any atom is -0.348 e. The first-order valence-corrected chi connectivity index (χ1v) is 3.77. The van der Waals surface area contributed by atoms with Crippen LogP contribution in [0.4, 0.5) is 0 Å². The lowest BCUT2D eigenvalue weighted by Crippen LogP contribution is -2.31. The summed E-state index contributed by atoms with van der Waals surface area (Å²) in [6.45, 7) is 1.36. The van der Waals surface area contributed by atoms with Gasteiger partial charge in [0.15, 0.2) is 5.82 Å². The lowest BCUT2D eigenvalue weighted by atomic mass is 10.5. The van der Waals surface area contributed by atoms with Gasteiger partial charge in [-0.05, 0) is 7.05 Å². The van der Waals surface area contributed by atoms with E-state index in [9.17, 15) is 4.79 Å². The number of hydrogen-bond donors (Lipinski definition) is 3. The van der Waals surface area contributed by atoms with Gasteiger partial charge in [0.05, 0.1) is 0 Å². The number of H-pyrrole nitrogens is 1. The Bertz CT molecular complexity index is 232. The molecule has 0 radical (unpaired) electrons. The number of hydrogen-bond acceptors (Lipinski definition) is 3. The van der Waals surface area contributed by atoms with Crippen LogP contribution in [0, 0.1) is 0 Å². The molecule has 1 aromatic heterocycles. The van der Waals surface area contributed by atoms with Gasteiger partial charge in [0, 0.05) is 25.5 Å². The monoisotopic (exact) mass is 168 g/mol. The Labute approximate surface area is 70.6 Å². The lowest BCUT2D eigenvalue weighted by molar-refractivity contribution is 0.0945. The molecule has 0 aliphatic heterocycles. The second-order valence-corrected chi connectivity index (χ2v) is 2.30. The number of carbonyl (C=O) groups is 1. The molecule has 1 rings (SSSR count). The van der Waals surface area contributed by atoms with Crippen molar-refractivity contribution in [3.63, 3.8) is 0 Å². The fraction of sp³-hybridized carbons (Fsp3) is 0.429. The highest BCUT2D eigenvalue weighted by molar-refractivity contribution is 5.90. The third-order valence-corrected chi connectivity index (χ3v) is 1.37. The third-order valence-electron chi connectivity index (χ3n) is 1.37. The average molecular weight is 168 g/mol. The van der Waals surface area contributed by atoms with Crippen LogP contribution in [-0.2, 0) is 0 Å². The van der Waals surface area contributed by atoms with Crippen molar-refractivity contribution < 1.29 is 4.79 Å². The van der Waals surface area contributed by atoms with Crippen molar-refractivity contribution in [2.24, 2.45) is 0 Å². The van der Waals surface area contributed by atoms with Crippen LogP contribution in [-0.4, -0.2) is 36.0 Å². The van der Waals surface area contributed by atoms with Gasteiger partial charge in [-0.1, -0.05) is 0 Å². The standard InChI is InChI=1S/C7H12N4O/c1-8-2-3-11-7(12)6-9-4-5-10-6/h4-5,8H,2-3H2,1H3,(H,9,10)(H,11,12). The summed E-state index contributed by atoms with van der Waals surface area (Å²) >= 11 is 0. The molecular formula is C7H12N4O. The summed E-state index contributed by atoms with van der Waals surface area (Å²) < 4.78 is 0. The highest BCUT2D eigenvalue weighted by Crippen LogP contribution is 1.86. The second kappa shape index (κ2) is 4.50. The molecule has 0 fully saturated rings. The van der Waals surface area contributed by atoms with E-state index in [2.05, 4.69) is 20.6 Å². The molecule has 0 spiro atoms. The number of aromatic nitrogens is 2. The van der Waals surface area contributed by atoms with Crippen molar-refractivity contribution in [3.05, 3.63) is 18.2 Å². The maximum absolute atomic E-state index is 11.1. The largest absolute Gasteiger partial charge is 0.348 e. The summed E-state index contributed by atoms with van der Waals surface area (Å²) in [6, 6.07) is 0. The second-order valence-electron chi connectivity index (χ2n) is 2.30. The fourth-order valence-corrected chi connectivity index (χ4v) is 0.774. The fourth-order valence-electron chi connectivity index (χ4n) is 0.774. The first-order chi connectivity index (χ1) is 5.84. The van der Waals surface area contributed by atoms with Gasteiger partial charge in [0.1, 0.15) is 0 Å². The first-order valence-electron chi connectivity index (χ1n) is 3.77. The molecule has 0 unspecified atom stereocenters. The number of aromatic amines is 1. The van der Waals surface area contributed by atoms with Crippen LogP contribution in [0.25, 0.3) is 0 Å². The molecule has 0 saturated heterocycles. The van der Waals surface area contributed by atoms with Crippen molar-refractivity contribution in [2.45, 2.75) is 0 Å². The smallest absolute Gasteiger partial charge is 0.287 e. The SMILES string of the molecule is CNCCNC(=O)c1ncc[nH]1. The number of carbonyl (C=O) groups excluding carboxylic acids is 1. The Kier molecular flexibility index (Phi) is 3.28. The molecule has 0 aliphatic rings. The predicted octanol–water partition coefficient (Wildman–Crippen LogP) is -0.641. The van der Waals surface area contributed by atoms with Crippen molar-refractivity contribution in [3.8, 4) is 0 Å². The summed E-state index contributed by atoms with van der Waals surface area (Å²) in [5, 5.41) is 5.61. The predicted molar refractivity (Wildman–Crippen MR) is 44.8 cm³/mol. The zero-order valence-corrected chi connectivity index (χ0v) is 6.92. The van der Waals surface area contributed by atoms with Gasteiger partial charge in [-0.3, -0.25) is 4.79 Å². The molecule has 1 aromatic rings. The molecule has 1 amide bonds. The Morgan fingerprint density at radius 3 is 3.08 bits per heavy atom. The molecule has 0 aromatic carbocycles. The number of nitrogens with zero attached hydrogens (tertiary/aromatic N) is 1. The van der Waals surface area contributed by atoms with E-state index in [0.717, 1.165) is 6.54 Å². The molecular weight excluding hydrogens is 156 g/mol. The topological polar surface area (TPSA) is 69.8 Å². The maximum atomic E-state index is 11.1. The van der Waals surface area contributed by atoms with Gasteiger partial charge < -0.3 is 15.6 Å². The number of imidazole rings is 1. The van der Waals surface area contributed by atoms with Crippen LogP contribution < -0.4 is 10.6 Å². The zero-order chi connectivity index (χ0) is 8.81. The van der Waals surface area contributed by atoms with Crippen molar-refractivity contribution in [2.75, 3.05) is 20.1 Å². The van der Waals surface area contributed by atoms with E-state index < -0.39 is 0 Å². The summed E-state index contributed by atoms with van der Waals surface area (Å²) in [4.78, 5) is 17.7. The Balaban J connectivity index is 2.30. The zero-order valence-electron chi connectivity index (χ0n) is 6.92. The summed E-state index contributed by atoms with van der Waals surface area (Å²) in [7, 11) is 1.83. The molecule has 12 heavy (non-hydrogen) atoms. The van der Waals surface area contributed by atoms with E-state index >= 15 is 0 Å². The molecule has 5 heteroatoms. The summed E-state index contributed by atoms with van der Waals surface area (Å²) in [5.41, 5.74) is 0. The minimum atomic E-state index is -0.171. The summed E-state index contributed by atoms with van der Waals surface area (Å²) in [5.74, 6) is 0.182. The van der Waals surface area contributed by atoms with Crippen LogP contribution in [0.5, 0.6) is 0 Å². The van der Waals surface area contributed by atoms with Crippen molar-refractivity contribution in [1.82, 2.24) is 20.6 Å².